The fourth-order valence-corrected chi connectivity index (χ4v) is 16.3. The van der Waals surface area contributed by atoms with Crippen molar-refractivity contribution in [3.05, 3.63) is 356 Å². The second-order valence-corrected chi connectivity index (χ2v) is 31.0. The summed E-state index contributed by atoms with van der Waals surface area (Å²) in [4.78, 5) is 78.7. The highest BCUT2D eigenvalue weighted by atomic mass is 35.5. The largest absolute Gasteiger partial charge is 0.496 e. The molecule has 5 saturated heterocycles. The molecule has 13 nitrogen and oxygen atoms in total. The maximum absolute atomic E-state index is 12.9. The van der Waals surface area contributed by atoms with Gasteiger partial charge in [-0.15, -0.1) is 0 Å². The maximum Gasteiger partial charge on any atom is 0.187 e. The number of hydrogen-bond acceptors (Lipinski definition) is 12. The first-order valence-electron chi connectivity index (χ1n) is 39.9. The standard InChI is InChI=1S/2C20H20N2O.C20H23NO2.2C19H20ClNO/c1-21-19-11-9-17(10-12-19)20(23)18-8-5-13-22(15-18)14-16-6-3-2-4-7-16;21-13-16-8-10-17(11-9-16)14-22-12-4-7-19(15-22)20(23)18-5-2-1-3-6-18;1-23-19-12-6-5-11-18(19)20(22)17-10-7-13-21(15-17)14-16-8-3-2-4-9-16;20-18-11-5-4-10-17(18)19(22)16-9-6-12-21(14-16)13-15-7-2-1-3-8-15;20-18-10-8-15(9-11-18)13-21-12-4-7-17(14-21)19(22)16-5-2-1-3-6-16/h2-4,6-7,9-12,18H,5,8,13-15H2;1-3,5-6,8-11,19H,4,7,12,14-15H2;2-6,8-9,11-12,17H,7,10,13-15H2,1H3;1-5,7-8,10-11,16H,6,9,12-14H2;1-3,5-6,8-11,17H,4,7,12-14H2. The molecule has 5 atom stereocenters. The van der Waals surface area contributed by atoms with E-state index in [1.165, 1.54) is 27.8 Å². The molecule has 580 valence electrons. The summed E-state index contributed by atoms with van der Waals surface area (Å²) in [6.45, 7) is 20.8. The predicted molar refractivity (Wildman–Crippen MR) is 454 cm³/mol. The van der Waals surface area contributed by atoms with E-state index in [4.69, 9.17) is 39.8 Å². The third-order valence-corrected chi connectivity index (χ3v) is 22.4. The van der Waals surface area contributed by atoms with Crippen LogP contribution in [0.5, 0.6) is 5.75 Å². The number of para-hydroxylation sites is 1. The van der Waals surface area contributed by atoms with Crippen LogP contribution in [-0.2, 0) is 32.7 Å². The van der Waals surface area contributed by atoms with E-state index in [2.05, 4.69) is 120 Å². The van der Waals surface area contributed by atoms with Crippen molar-refractivity contribution >= 4 is 57.8 Å². The van der Waals surface area contributed by atoms with Crippen molar-refractivity contribution in [2.75, 3.05) is 72.6 Å². The molecule has 0 aliphatic carbocycles. The van der Waals surface area contributed by atoms with Crippen molar-refractivity contribution in [1.82, 2.24) is 24.5 Å². The number of benzene rings is 10. The lowest BCUT2D eigenvalue weighted by atomic mass is 9.89. The summed E-state index contributed by atoms with van der Waals surface area (Å²) in [7, 11) is 1.62. The van der Waals surface area contributed by atoms with E-state index in [0.29, 0.717) is 33.1 Å². The zero-order chi connectivity index (χ0) is 78.9. The molecule has 5 fully saturated rings. The summed E-state index contributed by atoms with van der Waals surface area (Å²) in [5, 5.41) is 10.2. The number of hydrogen-bond donors (Lipinski definition) is 0. The van der Waals surface area contributed by atoms with Crippen LogP contribution in [0.4, 0.5) is 5.69 Å². The molecule has 0 radical (unpaired) electrons. The lowest BCUT2D eigenvalue weighted by molar-refractivity contribution is 0.0802. The highest BCUT2D eigenvalue weighted by Gasteiger charge is 2.32. The summed E-state index contributed by atoms with van der Waals surface area (Å²) in [5.74, 6) is 2.19. The monoisotopic (exact) mass is 1540 g/mol. The maximum atomic E-state index is 12.9. The Bertz CT molecular complexity index is 4720. The predicted octanol–water partition coefficient (Wildman–Crippen LogP) is 20.6. The molecular formula is C98H103Cl2N7O6. The molecule has 113 heavy (non-hydrogen) atoms. The molecular weight excluding hydrogens is 1440 g/mol. The Morgan fingerprint density at radius 1 is 0.363 bits per heavy atom. The van der Waals surface area contributed by atoms with Gasteiger partial charge in [-0.05, 0) is 173 Å². The number of ketones is 5. The van der Waals surface area contributed by atoms with Gasteiger partial charge in [-0.25, -0.2) is 4.85 Å². The van der Waals surface area contributed by atoms with Gasteiger partial charge in [0.25, 0.3) is 0 Å². The van der Waals surface area contributed by atoms with Crippen LogP contribution in [0.25, 0.3) is 4.85 Å². The SMILES string of the molecule is COc1ccccc1C(=O)C1CCCN(Cc2ccccc2)C1.N#Cc1ccc(CN2CCCC(C(=O)c3ccccc3)C2)cc1.O=C(c1ccccc1)C1CCCN(Cc2ccc(Cl)cc2)C1.O=C(c1ccccc1Cl)C1CCCN(Cc2ccccc2)C1.[C-]#[N+]c1ccc(C(=O)C2CCCN(Cc3ccccc3)C2)cc1. The Morgan fingerprint density at radius 3 is 1.00 bits per heavy atom. The van der Waals surface area contributed by atoms with Gasteiger partial charge in [0.2, 0.25) is 0 Å². The second kappa shape index (κ2) is 44.2. The first kappa shape index (κ1) is 83.6. The summed E-state index contributed by atoms with van der Waals surface area (Å²) in [6, 6.07) is 90.3. The molecule has 10 aromatic carbocycles. The van der Waals surface area contributed by atoms with Gasteiger partial charge in [0.05, 0.1) is 35.9 Å². The normalized spacial score (nSPS) is 18.6. The Hall–Kier alpha value is -10.3. The molecule has 15 rings (SSSR count). The van der Waals surface area contributed by atoms with Crippen molar-refractivity contribution in [3.8, 4) is 11.8 Å². The number of ether oxygens (including phenoxy) is 1. The zero-order valence-electron chi connectivity index (χ0n) is 64.9. The molecule has 0 bridgehead atoms. The van der Waals surface area contributed by atoms with Gasteiger partial charge in [-0.3, -0.25) is 48.5 Å². The average Bonchev–Trinajstić information content (AvgIpc) is 0.835. The van der Waals surface area contributed by atoms with Gasteiger partial charge >= 0.3 is 0 Å². The van der Waals surface area contributed by atoms with Crippen molar-refractivity contribution in [2.24, 2.45) is 29.6 Å². The van der Waals surface area contributed by atoms with E-state index in [-0.39, 0.29) is 58.5 Å². The smallest absolute Gasteiger partial charge is 0.187 e. The summed E-state index contributed by atoms with van der Waals surface area (Å²) in [5.41, 5.74) is 11.3. The van der Waals surface area contributed by atoms with Gasteiger partial charge in [-0.2, -0.15) is 5.26 Å². The van der Waals surface area contributed by atoms with Crippen LogP contribution in [0.2, 0.25) is 10.0 Å². The fourth-order valence-electron chi connectivity index (χ4n) is 15.9. The van der Waals surface area contributed by atoms with E-state index in [1.807, 2.05) is 158 Å². The van der Waals surface area contributed by atoms with E-state index in [0.717, 1.165) is 184 Å². The molecule has 5 aliphatic heterocycles. The molecule has 15 heteroatoms. The number of likely N-dealkylation sites (tertiary alicyclic amines) is 5. The minimum absolute atomic E-state index is 0.0531. The van der Waals surface area contributed by atoms with Crippen molar-refractivity contribution < 1.29 is 28.7 Å². The summed E-state index contributed by atoms with van der Waals surface area (Å²) < 4.78 is 5.35. The lowest BCUT2D eigenvalue weighted by Gasteiger charge is -2.32. The van der Waals surface area contributed by atoms with Crippen LogP contribution in [-0.4, -0.2) is 126 Å². The number of methoxy groups -OCH3 is 1. The molecule has 0 saturated carbocycles. The number of nitriles is 1. The van der Waals surface area contributed by atoms with Crippen LogP contribution in [0.3, 0.4) is 0 Å². The highest BCUT2D eigenvalue weighted by Crippen LogP contribution is 2.31. The van der Waals surface area contributed by atoms with Gasteiger partial charge in [0, 0.05) is 122 Å². The number of carbonyl (C=O) groups excluding carboxylic acids is 5. The van der Waals surface area contributed by atoms with Gasteiger partial charge in [0.15, 0.2) is 34.6 Å². The number of rotatable bonds is 21. The quantitative estimate of drug-likeness (QED) is 0.0500. The van der Waals surface area contributed by atoms with Crippen LogP contribution in [0, 0.1) is 47.5 Å². The summed E-state index contributed by atoms with van der Waals surface area (Å²) in [6.07, 6.45) is 10.2. The second-order valence-electron chi connectivity index (χ2n) is 30.2. The highest BCUT2D eigenvalue weighted by molar-refractivity contribution is 6.34. The van der Waals surface area contributed by atoms with E-state index < -0.39 is 0 Å². The molecule has 5 heterocycles. The third kappa shape index (κ3) is 25.9. The van der Waals surface area contributed by atoms with E-state index in [9.17, 15) is 24.0 Å². The van der Waals surface area contributed by atoms with E-state index >= 15 is 0 Å². The Kier molecular flexibility index (Phi) is 32.7. The van der Waals surface area contributed by atoms with Gasteiger partial charge in [-0.1, -0.05) is 248 Å². The van der Waals surface area contributed by atoms with Crippen LogP contribution < -0.4 is 4.74 Å². The number of carbonyl (C=O) groups is 5. The van der Waals surface area contributed by atoms with Crippen molar-refractivity contribution in [1.29, 1.82) is 5.26 Å². The van der Waals surface area contributed by atoms with Crippen LogP contribution in [0.15, 0.2) is 273 Å². The number of halogens is 2. The van der Waals surface area contributed by atoms with Crippen molar-refractivity contribution in [2.45, 2.75) is 96.9 Å². The molecule has 10 aromatic rings. The Labute approximate surface area is 678 Å². The zero-order valence-corrected chi connectivity index (χ0v) is 66.4. The van der Waals surface area contributed by atoms with Gasteiger partial charge in [0.1, 0.15) is 5.75 Å². The third-order valence-electron chi connectivity index (χ3n) is 21.8. The topological polar surface area (TPSA) is 139 Å². The minimum Gasteiger partial charge on any atom is -0.496 e. The first-order valence-corrected chi connectivity index (χ1v) is 40.6. The Balaban J connectivity index is 0.000000139. The van der Waals surface area contributed by atoms with Gasteiger partial charge < -0.3 is 4.74 Å². The molecule has 0 amide bonds. The fraction of sp³-hybridized carbons (Fsp3) is 0.316. The molecule has 0 spiro atoms. The van der Waals surface area contributed by atoms with E-state index in [1.54, 1.807) is 37.4 Å². The average molecular weight is 1550 g/mol. The lowest BCUT2D eigenvalue weighted by Crippen LogP contribution is -2.38. The summed E-state index contributed by atoms with van der Waals surface area (Å²) >= 11 is 12.1. The molecule has 5 unspecified atom stereocenters. The number of piperidine rings is 5. The van der Waals surface area contributed by atoms with Crippen LogP contribution in [0.1, 0.15) is 149 Å². The number of nitrogens with zero attached hydrogens (tertiary/aromatic N) is 7. The molecule has 0 N–H and O–H groups in total. The van der Waals surface area contributed by atoms with Crippen molar-refractivity contribution in [3.63, 3.8) is 0 Å². The number of Topliss-reactive ketones (excluding diaryl/α,β-unsaturated/α-hetero) is 5. The van der Waals surface area contributed by atoms with Crippen LogP contribution >= 0.6 is 23.2 Å². The molecule has 0 aromatic heterocycles. The minimum atomic E-state index is 0.0531. The molecule has 5 aliphatic rings. The first-order chi connectivity index (χ1) is 55.2. The Morgan fingerprint density at radius 2 is 0.655 bits per heavy atom.